The second-order valence-electron chi connectivity index (χ2n) is 4.99. The molecule has 1 aliphatic carbocycles. The van der Waals surface area contributed by atoms with E-state index in [1.807, 2.05) is 18.2 Å². The quantitative estimate of drug-likeness (QED) is 0.905. The molecule has 0 aliphatic heterocycles. The van der Waals surface area contributed by atoms with Gasteiger partial charge >= 0.3 is 5.97 Å². The van der Waals surface area contributed by atoms with Gasteiger partial charge in [-0.15, -0.1) is 0 Å². The van der Waals surface area contributed by atoms with Crippen molar-refractivity contribution in [2.75, 3.05) is 6.61 Å². The van der Waals surface area contributed by atoms with Crippen LogP contribution in [0.4, 0.5) is 0 Å². The van der Waals surface area contributed by atoms with Gasteiger partial charge < -0.3 is 9.84 Å². The van der Waals surface area contributed by atoms with Gasteiger partial charge in [-0.1, -0.05) is 6.07 Å². The van der Waals surface area contributed by atoms with E-state index < -0.39 is 5.97 Å². The van der Waals surface area contributed by atoms with E-state index in [2.05, 4.69) is 4.98 Å². The van der Waals surface area contributed by atoms with Crippen LogP contribution in [0.1, 0.15) is 23.2 Å². The van der Waals surface area contributed by atoms with Crippen molar-refractivity contribution in [1.82, 2.24) is 4.98 Å². The lowest BCUT2D eigenvalue weighted by atomic mass is 10.1. The summed E-state index contributed by atoms with van der Waals surface area (Å²) in [4.78, 5) is 15.4. The summed E-state index contributed by atoms with van der Waals surface area (Å²) in [6, 6.07) is 10.5. The molecule has 1 aromatic carbocycles. The fraction of sp³-hybridized carbons (Fsp3) is 0.250. The minimum absolute atomic E-state index is 0.240. The third kappa shape index (κ3) is 2.79. The van der Waals surface area contributed by atoms with Crippen LogP contribution >= 0.6 is 0 Å². The van der Waals surface area contributed by atoms with Crippen molar-refractivity contribution in [3.05, 3.63) is 48.2 Å². The number of ether oxygens (including phenoxy) is 1. The molecule has 1 saturated carbocycles. The second kappa shape index (κ2) is 5.33. The molecule has 2 aromatic rings. The van der Waals surface area contributed by atoms with Crippen molar-refractivity contribution in [3.8, 4) is 17.0 Å². The van der Waals surface area contributed by atoms with E-state index in [-0.39, 0.29) is 5.56 Å². The van der Waals surface area contributed by atoms with Crippen LogP contribution in [-0.2, 0) is 0 Å². The average Bonchev–Trinajstić information content (AvgIpc) is 3.30. The maximum Gasteiger partial charge on any atom is 0.335 e. The number of aromatic nitrogens is 1. The van der Waals surface area contributed by atoms with Gasteiger partial charge in [0.25, 0.3) is 0 Å². The summed E-state index contributed by atoms with van der Waals surface area (Å²) in [7, 11) is 0. The third-order valence-electron chi connectivity index (χ3n) is 3.34. The van der Waals surface area contributed by atoms with Gasteiger partial charge in [-0.2, -0.15) is 0 Å². The van der Waals surface area contributed by atoms with E-state index in [4.69, 9.17) is 9.84 Å². The van der Waals surface area contributed by atoms with Crippen molar-refractivity contribution in [2.24, 2.45) is 5.92 Å². The Morgan fingerprint density at radius 1 is 1.30 bits per heavy atom. The highest BCUT2D eigenvalue weighted by molar-refractivity contribution is 5.90. The molecule has 1 N–H and O–H groups in total. The van der Waals surface area contributed by atoms with Gasteiger partial charge in [0.15, 0.2) is 0 Å². The maximum atomic E-state index is 11.1. The zero-order chi connectivity index (χ0) is 13.9. The number of hydrogen-bond acceptors (Lipinski definition) is 3. The predicted octanol–water partition coefficient (Wildman–Crippen LogP) is 3.24. The Bertz CT molecular complexity index is 621. The number of benzene rings is 1. The van der Waals surface area contributed by atoms with E-state index >= 15 is 0 Å². The van der Waals surface area contributed by atoms with Gasteiger partial charge in [-0.25, -0.2) is 4.79 Å². The van der Waals surface area contributed by atoms with Crippen molar-refractivity contribution in [2.45, 2.75) is 12.8 Å². The van der Waals surface area contributed by atoms with Crippen LogP contribution in [0.25, 0.3) is 11.3 Å². The van der Waals surface area contributed by atoms with Crippen molar-refractivity contribution < 1.29 is 14.6 Å². The first-order chi connectivity index (χ1) is 9.74. The zero-order valence-electron chi connectivity index (χ0n) is 11.0. The van der Waals surface area contributed by atoms with Crippen LogP contribution in [0.2, 0.25) is 0 Å². The molecule has 102 valence electrons. The van der Waals surface area contributed by atoms with Gasteiger partial charge in [0.05, 0.1) is 17.9 Å². The fourth-order valence-corrected chi connectivity index (χ4v) is 2.00. The summed E-state index contributed by atoms with van der Waals surface area (Å²) in [5, 5.41) is 9.11. The normalized spacial score (nSPS) is 14.0. The fourth-order valence-electron chi connectivity index (χ4n) is 2.00. The summed E-state index contributed by atoms with van der Waals surface area (Å²) in [6.07, 6.45) is 4.12. The number of aromatic carboxylic acids is 1. The lowest BCUT2D eigenvalue weighted by molar-refractivity contribution is 0.0697. The summed E-state index contributed by atoms with van der Waals surface area (Å²) in [6.45, 7) is 0.687. The Hall–Kier alpha value is -2.36. The molecule has 1 fully saturated rings. The van der Waals surface area contributed by atoms with Crippen LogP contribution < -0.4 is 4.74 Å². The first kappa shape index (κ1) is 12.7. The van der Waals surface area contributed by atoms with Gasteiger partial charge in [-0.05, 0) is 49.1 Å². The van der Waals surface area contributed by atoms with Crippen LogP contribution in [0.15, 0.2) is 42.6 Å². The molecule has 4 heteroatoms. The number of rotatable bonds is 5. The van der Waals surface area contributed by atoms with Crippen LogP contribution in [0.3, 0.4) is 0 Å². The SMILES string of the molecule is O=C(O)c1ccc(OCC2CC2)c(-c2ccccn2)c1. The van der Waals surface area contributed by atoms with Crippen molar-refractivity contribution in [3.63, 3.8) is 0 Å². The molecule has 0 amide bonds. The molecule has 0 bridgehead atoms. The number of nitrogens with zero attached hydrogens (tertiary/aromatic N) is 1. The minimum Gasteiger partial charge on any atom is -0.493 e. The first-order valence-corrected chi connectivity index (χ1v) is 6.65. The Kier molecular flexibility index (Phi) is 3.37. The van der Waals surface area contributed by atoms with Crippen molar-refractivity contribution >= 4 is 5.97 Å². The standard InChI is InChI=1S/C16H15NO3/c18-16(19)12-6-7-15(20-10-11-4-5-11)13(9-12)14-3-1-2-8-17-14/h1-3,6-9,11H,4-5,10H2,(H,18,19). The predicted molar refractivity (Wildman–Crippen MR) is 74.9 cm³/mol. The Morgan fingerprint density at radius 3 is 2.80 bits per heavy atom. The lowest BCUT2D eigenvalue weighted by Crippen LogP contribution is -2.03. The number of carboxylic acid groups (broad SMARTS) is 1. The third-order valence-corrected chi connectivity index (χ3v) is 3.34. The summed E-state index contributed by atoms with van der Waals surface area (Å²) < 4.78 is 5.82. The minimum atomic E-state index is -0.948. The summed E-state index contributed by atoms with van der Waals surface area (Å²) in [5.74, 6) is 0.391. The lowest BCUT2D eigenvalue weighted by Gasteiger charge is -2.11. The monoisotopic (exact) mass is 269 g/mol. The van der Waals surface area contributed by atoms with E-state index in [9.17, 15) is 4.79 Å². The van der Waals surface area contributed by atoms with E-state index in [1.54, 1.807) is 24.4 Å². The maximum absolute atomic E-state index is 11.1. The topological polar surface area (TPSA) is 59.4 Å². The summed E-state index contributed by atoms with van der Waals surface area (Å²) in [5.41, 5.74) is 1.69. The molecule has 4 nitrogen and oxygen atoms in total. The Balaban J connectivity index is 1.97. The number of pyridine rings is 1. The highest BCUT2D eigenvalue weighted by atomic mass is 16.5. The van der Waals surface area contributed by atoms with Gasteiger partial charge in [0.1, 0.15) is 5.75 Å². The molecule has 0 atom stereocenters. The molecule has 0 saturated heterocycles. The number of carbonyl (C=O) groups is 1. The Morgan fingerprint density at radius 2 is 2.15 bits per heavy atom. The van der Waals surface area contributed by atoms with E-state index in [0.717, 1.165) is 11.3 Å². The first-order valence-electron chi connectivity index (χ1n) is 6.65. The van der Waals surface area contributed by atoms with Crippen LogP contribution in [0, 0.1) is 5.92 Å². The van der Waals surface area contributed by atoms with Crippen LogP contribution in [0.5, 0.6) is 5.75 Å². The number of carboxylic acids is 1. The highest BCUT2D eigenvalue weighted by Gasteiger charge is 2.22. The zero-order valence-corrected chi connectivity index (χ0v) is 11.0. The smallest absolute Gasteiger partial charge is 0.335 e. The second-order valence-corrected chi connectivity index (χ2v) is 4.99. The molecule has 0 unspecified atom stereocenters. The van der Waals surface area contributed by atoms with Gasteiger partial charge in [-0.3, -0.25) is 4.98 Å². The molecular formula is C16H15NO3. The number of hydrogen-bond donors (Lipinski definition) is 1. The molecular weight excluding hydrogens is 254 g/mol. The van der Waals surface area contributed by atoms with Crippen LogP contribution in [-0.4, -0.2) is 22.7 Å². The van der Waals surface area contributed by atoms with Crippen molar-refractivity contribution in [1.29, 1.82) is 0 Å². The highest BCUT2D eigenvalue weighted by Crippen LogP contribution is 2.33. The molecule has 1 heterocycles. The van der Waals surface area contributed by atoms with E-state index in [1.165, 1.54) is 12.8 Å². The largest absolute Gasteiger partial charge is 0.493 e. The molecule has 0 spiro atoms. The average molecular weight is 269 g/mol. The van der Waals surface area contributed by atoms with E-state index in [0.29, 0.717) is 18.3 Å². The summed E-state index contributed by atoms with van der Waals surface area (Å²) >= 11 is 0. The molecule has 1 aromatic heterocycles. The molecule has 0 radical (unpaired) electrons. The van der Waals surface area contributed by atoms with Gasteiger partial charge in [0, 0.05) is 11.8 Å². The molecule has 20 heavy (non-hydrogen) atoms. The molecule has 1 aliphatic rings. The molecule has 3 rings (SSSR count). The van der Waals surface area contributed by atoms with Gasteiger partial charge in [0.2, 0.25) is 0 Å². The Labute approximate surface area is 117 Å².